The lowest BCUT2D eigenvalue weighted by Gasteiger charge is -2.12. The number of H-pyrrole nitrogens is 1. The van der Waals surface area contributed by atoms with Crippen molar-refractivity contribution < 1.29 is 22.0 Å². The minimum Gasteiger partial charge on any atom is -0.306 e. The number of nitrogens with one attached hydrogen (secondary N) is 1. The fraction of sp³-hybridized carbons (Fsp3) is 0.0667. The topological polar surface area (TPSA) is 45.8 Å². The number of benzene rings is 2. The van der Waals surface area contributed by atoms with Crippen LogP contribution in [0.15, 0.2) is 41.2 Å². The molecule has 0 amide bonds. The maximum Gasteiger partial charge on any atom is 0.417 e. The summed E-state index contributed by atoms with van der Waals surface area (Å²) in [4.78, 5) is 17.9. The van der Waals surface area contributed by atoms with Crippen LogP contribution in [0.4, 0.5) is 22.0 Å². The first-order valence-corrected chi connectivity index (χ1v) is 6.33. The van der Waals surface area contributed by atoms with Gasteiger partial charge in [-0.1, -0.05) is 18.2 Å². The molecule has 3 aromatic rings. The van der Waals surface area contributed by atoms with Crippen LogP contribution in [0.25, 0.3) is 22.3 Å². The summed E-state index contributed by atoms with van der Waals surface area (Å²) in [5.74, 6) is -2.86. The molecule has 23 heavy (non-hydrogen) atoms. The third-order valence-electron chi connectivity index (χ3n) is 3.24. The van der Waals surface area contributed by atoms with E-state index in [1.165, 1.54) is 12.1 Å². The molecule has 0 saturated carbocycles. The van der Waals surface area contributed by atoms with E-state index in [2.05, 4.69) is 9.97 Å². The summed E-state index contributed by atoms with van der Waals surface area (Å²) < 4.78 is 65.6. The first-order valence-electron chi connectivity index (χ1n) is 6.33. The van der Waals surface area contributed by atoms with E-state index in [0.29, 0.717) is 12.1 Å². The molecular weight excluding hydrogens is 319 g/mol. The zero-order chi connectivity index (χ0) is 16.8. The largest absolute Gasteiger partial charge is 0.417 e. The Bertz CT molecular complexity index is 962. The lowest BCUT2D eigenvalue weighted by Crippen LogP contribution is -2.13. The van der Waals surface area contributed by atoms with Gasteiger partial charge in [0, 0.05) is 11.6 Å². The molecule has 1 N–H and O–H groups in total. The lowest BCUT2D eigenvalue weighted by atomic mass is 10.1. The Balaban J connectivity index is 2.31. The molecule has 0 saturated heterocycles. The maximum absolute atomic E-state index is 13.3. The predicted octanol–water partition coefficient (Wildman–Crippen LogP) is 3.89. The molecular formula is C15H7F5N2O. The van der Waals surface area contributed by atoms with Crippen LogP contribution in [0.2, 0.25) is 0 Å². The van der Waals surface area contributed by atoms with Gasteiger partial charge in [-0.05, 0) is 12.1 Å². The Kier molecular flexibility index (Phi) is 3.39. The summed E-state index contributed by atoms with van der Waals surface area (Å²) in [6.45, 7) is 0. The molecule has 0 spiro atoms. The van der Waals surface area contributed by atoms with E-state index < -0.39 is 28.9 Å². The van der Waals surface area contributed by atoms with Crippen molar-refractivity contribution in [3.8, 4) is 11.4 Å². The molecule has 118 valence electrons. The molecule has 0 aliphatic rings. The van der Waals surface area contributed by atoms with Gasteiger partial charge in [0.2, 0.25) is 0 Å². The second-order valence-corrected chi connectivity index (χ2v) is 4.74. The molecule has 0 atom stereocenters. The number of aromatic amines is 1. The second kappa shape index (κ2) is 5.15. The van der Waals surface area contributed by atoms with Crippen LogP contribution in [0.1, 0.15) is 5.56 Å². The van der Waals surface area contributed by atoms with Crippen molar-refractivity contribution in [1.29, 1.82) is 0 Å². The van der Waals surface area contributed by atoms with Crippen molar-refractivity contribution in [1.82, 2.24) is 9.97 Å². The molecule has 0 bridgehead atoms. The highest BCUT2D eigenvalue weighted by Crippen LogP contribution is 2.35. The summed E-state index contributed by atoms with van der Waals surface area (Å²) in [6.07, 6.45) is -4.65. The van der Waals surface area contributed by atoms with Crippen LogP contribution >= 0.6 is 0 Å². The van der Waals surface area contributed by atoms with E-state index in [4.69, 9.17) is 0 Å². The van der Waals surface area contributed by atoms with Crippen LogP contribution in [0, 0.1) is 11.6 Å². The molecule has 2 aromatic carbocycles. The third kappa shape index (κ3) is 2.67. The standard InChI is InChI=1S/C15H7F5N2O/c16-10-5-8-12(6-11(10)17)21-13(22-14(8)23)7-3-1-2-4-9(7)15(18,19)20/h1-6H,(H,21,22,23). The van der Waals surface area contributed by atoms with E-state index in [9.17, 15) is 26.7 Å². The molecule has 1 heterocycles. The SMILES string of the molecule is O=c1[nH]c(-c2ccccc2C(F)(F)F)nc2cc(F)c(F)cc12. The number of rotatable bonds is 1. The molecule has 3 nitrogen and oxygen atoms in total. The number of hydrogen-bond donors (Lipinski definition) is 1. The van der Waals surface area contributed by atoms with Gasteiger partial charge < -0.3 is 4.98 Å². The number of fused-ring (bicyclic) bond motifs is 1. The summed E-state index contributed by atoms with van der Waals surface area (Å²) in [6, 6.07) is 5.83. The van der Waals surface area contributed by atoms with E-state index >= 15 is 0 Å². The van der Waals surface area contributed by atoms with Crippen molar-refractivity contribution in [3.05, 3.63) is 63.9 Å². The van der Waals surface area contributed by atoms with Crippen LogP contribution in [0.5, 0.6) is 0 Å². The molecule has 1 aromatic heterocycles. The average molecular weight is 326 g/mol. The fourth-order valence-corrected chi connectivity index (χ4v) is 2.20. The van der Waals surface area contributed by atoms with E-state index in [1.54, 1.807) is 0 Å². The predicted molar refractivity (Wildman–Crippen MR) is 72.7 cm³/mol. The normalized spacial score (nSPS) is 11.9. The molecule has 0 aliphatic heterocycles. The van der Waals surface area contributed by atoms with E-state index in [1.807, 2.05) is 0 Å². The van der Waals surface area contributed by atoms with E-state index in [-0.39, 0.29) is 22.3 Å². The highest BCUT2D eigenvalue weighted by molar-refractivity contribution is 5.80. The lowest BCUT2D eigenvalue weighted by molar-refractivity contribution is -0.137. The monoisotopic (exact) mass is 326 g/mol. The van der Waals surface area contributed by atoms with Crippen molar-refractivity contribution >= 4 is 10.9 Å². The van der Waals surface area contributed by atoms with Crippen molar-refractivity contribution in [2.75, 3.05) is 0 Å². The number of alkyl halides is 3. The van der Waals surface area contributed by atoms with Gasteiger partial charge in [0.15, 0.2) is 11.6 Å². The molecule has 3 rings (SSSR count). The van der Waals surface area contributed by atoms with E-state index in [0.717, 1.165) is 12.1 Å². The summed E-state index contributed by atoms with van der Waals surface area (Å²) in [7, 11) is 0. The Morgan fingerprint density at radius 1 is 1.00 bits per heavy atom. The Hall–Kier alpha value is -2.77. The number of hydrogen-bond acceptors (Lipinski definition) is 2. The van der Waals surface area contributed by atoms with Gasteiger partial charge in [-0.3, -0.25) is 4.79 Å². The minimum absolute atomic E-state index is 0.236. The Labute approximate surface area is 125 Å². The van der Waals surface area contributed by atoms with Crippen LogP contribution < -0.4 is 5.56 Å². The fourth-order valence-electron chi connectivity index (χ4n) is 2.20. The molecule has 0 aliphatic carbocycles. The van der Waals surface area contributed by atoms with Crippen molar-refractivity contribution in [2.45, 2.75) is 6.18 Å². The van der Waals surface area contributed by atoms with Gasteiger partial charge in [-0.25, -0.2) is 13.8 Å². The number of halogens is 5. The first-order chi connectivity index (χ1) is 10.8. The maximum atomic E-state index is 13.3. The number of aromatic nitrogens is 2. The number of nitrogens with zero attached hydrogens (tertiary/aromatic N) is 1. The van der Waals surface area contributed by atoms with Gasteiger partial charge in [-0.2, -0.15) is 13.2 Å². The Morgan fingerprint density at radius 3 is 2.35 bits per heavy atom. The summed E-state index contributed by atoms with van der Waals surface area (Å²) >= 11 is 0. The highest BCUT2D eigenvalue weighted by Gasteiger charge is 2.34. The third-order valence-corrected chi connectivity index (χ3v) is 3.24. The van der Waals surface area contributed by atoms with Gasteiger partial charge in [0.05, 0.1) is 16.5 Å². The molecule has 8 heteroatoms. The highest BCUT2D eigenvalue weighted by atomic mass is 19.4. The zero-order valence-electron chi connectivity index (χ0n) is 11.2. The quantitative estimate of drug-likeness (QED) is 0.690. The van der Waals surface area contributed by atoms with Crippen molar-refractivity contribution in [2.24, 2.45) is 0 Å². The van der Waals surface area contributed by atoms with Gasteiger partial charge in [-0.15, -0.1) is 0 Å². The van der Waals surface area contributed by atoms with Crippen LogP contribution in [-0.2, 0) is 6.18 Å². The Morgan fingerprint density at radius 2 is 1.65 bits per heavy atom. The molecule has 0 radical (unpaired) electrons. The van der Waals surface area contributed by atoms with Crippen LogP contribution in [-0.4, -0.2) is 9.97 Å². The van der Waals surface area contributed by atoms with Gasteiger partial charge in [0.1, 0.15) is 5.82 Å². The zero-order valence-corrected chi connectivity index (χ0v) is 11.2. The smallest absolute Gasteiger partial charge is 0.306 e. The molecule has 0 fully saturated rings. The average Bonchev–Trinajstić information content (AvgIpc) is 2.48. The van der Waals surface area contributed by atoms with Gasteiger partial charge in [0.25, 0.3) is 5.56 Å². The summed E-state index contributed by atoms with van der Waals surface area (Å²) in [5, 5.41) is -0.253. The minimum atomic E-state index is -4.65. The van der Waals surface area contributed by atoms with Gasteiger partial charge >= 0.3 is 6.18 Å². The summed E-state index contributed by atoms with van der Waals surface area (Å²) in [5.41, 5.74) is -2.45. The molecule has 0 unspecified atom stereocenters. The first kappa shape index (κ1) is 15.1. The van der Waals surface area contributed by atoms with Crippen LogP contribution in [0.3, 0.4) is 0 Å². The van der Waals surface area contributed by atoms with Crippen molar-refractivity contribution in [3.63, 3.8) is 0 Å². The second-order valence-electron chi connectivity index (χ2n) is 4.74.